The molecule has 0 N–H and O–H groups in total. The Kier molecular flexibility index (Phi) is 9.72. The molecule has 0 saturated carbocycles. The minimum absolute atomic E-state index is 0.0124. The molecule has 43 heavy (non-hydrogen) atoms. The molecular weight excluding hydrogens is 647 g/mol. The number of carbonyl (C=O) groups excluding carboxylic acids is 1. The quantitative estimate of drug-likeness (QED) is 0.189. The second kappa shape index (κ2) is 12.6. The second-order valence-electron chi connectivity index (χ2n) is 9.72. The summed E-state index contributed by atoms with van der Waals surface area (Å²) in [4.78, 5) is 14.4. The van der Waals surface area contributed by atoms with Crippen LogP contribution in [-0.4, -0.2) is 45.5 Å². The van der Waals surface area contributed by atoms with Crippen molar-refractivity contribution in [2.24, 2.45) is 0 Å². The van der Waals surface area contributed by atoms with Crippen LogP contribution in [-0.2, 0) is 48.2 Å². The Morgan fingerprint density at radius 3 is 2.12 bits per heavy atom. The molecule has 1 amide bonds. The number of nitrogens with zero attached hydrogens (tertiary/aromatic N) is 1. The zero-order valence-corrected chi connectivity index (χ0v) is 24.3. The van der Waals surface area contributed by atoms with Gasteiger partial charge in [-0.25, -0.2) is 0 Å². The second-order valence-corrected chi connectivity index (χ2v) is 12.1. The standard InChI is InChI=1S/C28H23Cl2F6NO5S/c29-23-7-6-19(16-24(23)30)26(8-10-42-43(39,40)22-4-2-1-3-5-22)17-37(9-11-41-26)25(38)14-18-12-20(27(31,32)33)15-21(13-18)28(34,35)36/h1-7,12-13,15-16H,8-11,14,17H2. The molecule has 1 fully saturated rings. The van der Waals surface area contributed by atoms with Crippen molar-refractivity contribution >= 4 is 39.2 Å². The van der Waals surface area contributed by atoms with Crippen LogP contribution < -0.4 is 0 Å². The maximum absolute atomic E-state index is 13.3. The Hall–Kier alpha value is -2.84. The van der Waals surface area contributed by atoms with Crippen molar-refractivity contribution in [1.29, 1.82) is 0 Å². The zero-order valence-electron chi connectivity index (χ0n) is 22.0. The van der Waals surface area contributed by atoms with Crippen molar-refractivity contribution in [3.05, 3.63) is 99.0 Å². The fourth-order valence-corrected chi connectivity index (χ4v) is 5.85. The van der Waals surface area contributed by atoms with Gasteiger partial charge in [-0.1, -0.05) is 47.5 Å². The number of benzene rings is 3. The van der Waals surface area contributed by atoms with E-state index in [1.807, 2.05) is 0 Å². The molecule has 0 bridgehead atoms. The lowest BCUT2D eigenvalue weighted by atomic mass is 9.88. The first kappa shape index (κ1) is 33.1. The summed E-state index contributed by atoms with van der Waals surface area (Å²) in [6.45, 7) is -0.754. The van der Waals surface area contributed by atoms with Gasteiger partial charge in [-0.3, -0.25) is 8.98 Å². The van der Waals surface area contributed by atoms with Crippen LogP contribution >= 0.6 is 23.2 Å². The number of hydrogen-bond acceptors (Lipinski definition) is 5. The fraction of sp³-hybridized carbons (Fsp3) is 0.321. The van der Waals surface area contributed by atoms with E-state index in [0.29, 0.717) is 17.7 Å². The molecule has 3 aromatic rings. The Morgan fingerprint density at radius 2 is 1.53 bits per heavy atom. The van der Waals surface area contributed by atoms with E-state index in [-0.39, 0.29) is 47.1 Å². The monoisotopic (exact) mass is 669 g/mol. The lowest BCUT2D eigenvalue weighted by molar-refractivity contribution is -0.155. The first-order valence-corrected chi connectivity index (χ1v) is 14.8. The molecule has 0 radical (unpaired) electrons. The van der Waals surface area contributed by atoms with Crippen molar-refractivity contribution in [2.75, 3.05) is 26.3 Å². The summed E-state index contributed by atoms with van der Waals surface area (Å²) < 4.78 is 117. The van der Waals surface area contributed by atoms with Gasteiger partial charge >= 0.3 is 12.4 Å². The summed E-state index contributed by atoms with van der Waals surface area (Å²) in [7, 11) is -4.15. The highest BCUT2D eigenvalue weighted by Crippen LogP contribution is 2.39. The SMILES string of the molecule is O=C(Cc1cc(C(F)(F)F)cc(C(F)(F)F)c1)N1CCOC(CCOS(=O)(=O)c2ccccc2)(c2ccc(Cl)c(Cl)c2)C1. The van der Waals surface area contributed by atoms with Crippen LogP contribution in [0.25, 0.3) is 0 Å². The Bertz CT molecular complexity index is 1550. The molecule has 232 valence electrons. The van der Waals surface area contributed by atoms with E-state index in [4.69, 9.17) is 32.1 Å². The van der Waals surface area contributed by atoms with Gasteiger partial charge < -0.3 is 9.64 Å². The van der Waals surface area contributed by atoms with Crippen LogP contribution in [0.1, 0.15) is 28.7 Å². The number of morpholine rings is 1. The van der Waals surface area contributed by atoms with Gasteiger partial charge in [0.25, 0.3) is 10.1 Å². The predicted octanol–water partition coefficient (Wildman–Crippen LogP) is 7.12. The molecule has 0 aromatic heterocycles. The number of halogens is 8. The molecule has 1 atom stereocenters. The van der Waals surface area contributed by atoms with E-state index in [0.717, 1.165) is 0 Å². The molecule has 6 nitrogen and oxygen atoms in total. The number of hydrogen-bond donors (Lipinski definition) is 0. The highest BCUT2D eigenvalue weighted by Gasteiger charge is 2.41. The van der Waals surface area contributed by atoms with Crippen LogP contribution in [0.4, 0.5) is 26.3 Å². The van der Waals surface area contributed by atoms with Gasteiger partial charge in [0.1, 0.15) is 5.60 Å². The van der Waals surface area contributed by atoms with Gasteiger partial charge in [-0.15, -0.1) is 0 Å². The van der Waals surface area contributed by atoms with Crippen molar-refractivity contribution in [2.45, 2.75) is 35.7 Å². The molecule has 4 rings (SSSR count). The molecule has 1 aliphatic heterocycles. The van der Waals surface area contributed by atoms with E-state index in [1.165, 1.54) is 41.3 Å². The van der Waals surface area contributed by atoms with E-state index in [1.54, 1.807) is 12.1 Å². The molecule has 15 heteroatoms. The van der Waals surface area contributed by atoms with Gasteiger partial charge in [-0.2, -0.15) is 34.8 Å². The summed E-state index contributed by atoms with van der Waals surface area (Å²) >= 11 is 12.3. The fourth-order valence-electron chi connectivity index (χ4n) is 4.63. The van der Waals surface area contributed by atoms with E-state index >= 15 is 0 Å². The minimum Gasteiger partial charge on any atom is -0.366 e. The van der Waals surface area contributed by atoms with Gasteiger partial charge in [0.15, 0.2) is 0 Å². The maximum Gasteiger partial charge on any atom is 0.416 e. The van der Waals surface area contributed by atoms with E-state index < -0.39 is 63.7 Å². The van der Waals surface area contributed by atoms with Crippen LogP contribution in [0.15, 0.2) is 71.6 Å². The van der Waals surface area contributed by atoms with Gasteiger partial charge in [0.05, 0.1) is 52.2 Å². The molecule has 0 aliphatic carbocycles. The van der Waals surface area contributed by atoms with Gasteiger partial charge in [-0.05, 0) is 53.6 Å². The minimum atomic E-state index is -5.07. The molecule has 0 spiro atoms. The molecule has 1 aliphatic rings. The van der Waals surface area contributed by atoms with Crippen LogP contribution in [0.3, 0.4) is 0 Å². The average molecular weight is 670 g/mol. The van der Waals surface area contributed by atoms with Gasteiger partial charge in [0.2, 0.25) is 5.91 Å². The van der Waals surface area contributed by atoms with Crippen LogP contribution in [0.5, 0.6) is 0 Å². The summed E-state index contributed by atoms with van der Waals surface area (Å²) in [5.41, 5.74) is -4.54. The summed E-state index contributed by atoms with van der Waals surface area (Å²) in [6.07, 6.45) is -11.0. The molecule has 1 saturated heterocycles. The number of carbonyl (C=O) groups is 1. The molecule has 1 unspecified atom stereocenters. The summed E-state index contributed by atoms with van der Waals surface area (Å²) in [6, 6.07) is 12.8. The van der Waals surface area contributed by atoms with Crippen molar-refractivity contribution in [1.82, 2.24) is 4.90 Å². The van der Waals surface area contributed by atoms with Crippen molar-refractivity contribution < 1.29 is 48.5 Å². The number of alkyl halides is 6. The molecular formula is C28H23Cl2F6NO5S. The Labute approximate surface area is 253 Å². The summed E-state index contributed by atoms with van der Waals surface area (Å²) in [5.74, 6) is -0.766. The van der Waals surface area contributed by atoms with Crippen LogP contribution in [0.2, 0.25) is 10.0 Å². The number of amides is 1. The first-order valence-electron chi connectivity index (χ1n) is 12.6. The van der Waals surface area contributed by atoms with E-state index in [9.17, 15) is 39.6 Å². The molecule has 3 aromatic carbocycles. The largest absolute Gasteiger partial charge is 0.416 e. The Balaban J connectivity index is 1.60. The smallest absolute Gasteiger partial charge is 0.366 e. The Morgan fingerprint density at radius 1 is 0.907 bits per heavy atom. The van der Waals surface area contributed by atoms with E-state index in [2.05, 4.69) is 0 Å². The number of rotatable bonds is 8. The summed E-state index contributed by atoms with van der Waals surface area (Å²) in [5, 5.41) is 0.337. The topological polar surface area (TPSA) is 72.9 Å². The van der Waals surface area contributed by atoms with Crippen molar-refractivity contribution in [3.63, 3.8) is 0 Å². The van der Waals surface area contributed by atoms with Crippen LogP contribution in [0, 0.1) is 0 Å². The predicted molar refractivity (Wildman–Crippen MR) is 145 cm³/mol. The van der Waals surface area contributed by atoms with Crippen molar-refractivity contribution in [3.8, 4) is 0 Å². The third kappa shape index (κ3) is 8.01. The third-order valence-electron chi connectivity index (χ3n) is 6.76. The average Bonchev–Trinajstić information content (AvgIpc) is 2.94. The maximum atomic E-state index is 13.3. The van der Waals surface area contributed by atoms with Gasteiger partial charge in [0, 0.05) is 13.0 Å². The third-order valence-corrected chi connectivity index (χ3v) is 8.83. The lowest BCUT2D eigenvalue weighted by Crippen LogP contribution is -2.52. The normalized spacial score (nSPS) is 18.1. The number of ether oxygens (including phenoxy) is 1. The highest BCUT2D eigenvalue weighted by molar-refractivity contribution is 7.86. The highest BCUT2D eigenvalue weighted by atomic mass is 35.5. The first-order chi connectivity index (χ1) is 20.0. The molecule has 1 heterocycles. The lowest BCUT2D eigenvalue weighted by Gasteiger charge is -2.43. The zero-order chi connectivity index (χ0) is 31.6.